The summed E-state index contributed by atoms with van der Waals surface area (Å²) in [6, 6.07) is 17.3. The first-order valence-electron chi connectivity index (χ1n) is 13.2. The maximum absolute atomic E-state index is 16.3. The van der Waals surface area contributed by atoms with Gasteiger partial charge in [-0.25, -0.2) is 9.37 Å². The maximum Gasteiger partial charge on any atom is 0.217 e. The van der Waals surface area contributed by atoms with E-state index in [0.29, 0.717) is 22.7 Å². The number of hydrogen-bond donors (Lipinski definition) is 1. The molecule has 0 aliphatic heterocycles. The van der Waals surface area contributed by atoms with Gasteiger partial charge in [0.15, 0.2) is 11.6 Å². The fourth-order valence-corrected chi connectivity index (χ4v) is 5.15. The summed E-state index contributed by atoms with van der Waals surface area (Å²) in [5.41, 5.74) is 0.903. The van der Waals surface area contributed by atoms with E-state index in [-0.39, 0.29) is 35.4 Å². The summed E-state index contributed by atoms with van der Waals surface area (Å²) in [4.78, 5) is 10.9. The molecule has 0 aliphatic rings. The Labute approximate surface area is 250 Å². The predicted molar refractivity (Wildman–Crippen MR) is 160 cm³/mol. The van der Waals surface area contributed by atoms with Gasteiger partial charge in [0.05, 0.1) is 34.4 Å². The minimum Gasteiger partial charge on any atom is -0.494 e. The van der Waals surface area contributed by atoms with Crippen LogP contribution < -0.4 is 18.9 Å². The third-order valence-corrected chi connectivity index (χ3v) is 7.45. The Hall–Kier alpha value is -3.92. The number of benzene rings is 2. The second-order valence-electron chi connectivity index (χ2n) is 10.0. The van der Waals surface area contributed by atoms with Gasteiger partial charge in [-0.1, -0.05) is 35.9 Å². The number of pyridine rings is 2. The molecule has 222 valence electrons. The summed E-state index contributed by atoms with van der Waals surface area (Å²) >= 11 is 6.14. The second-order valence-corrected chi connectivity index (χ2v) is 10.5. The van der Waals surface area contributed by atoms with Crippen molar-refractivity contribution >= 4 is 11.6 Å². The van der Waals surface area contributed by atoms with E-state index in [0.717, 1.165) is 11.1 Å². The first kappa shape index (κ1) is 31.0. The number of nitrogens with zero attached hydrogens (tertiary/aromatic N) is 3. The van der Waals surface area contributed by atoms with Crippen molar-refractivity contribution in [1.29, 1.82) is 0 Å². The number of rotatable bonds is 12. The van der Waals surface area contributed by atoms with E-state index in [1.807, 2.05) is 37.2 Å². The average molecular weight is 596 g/mol. The summed E-state index contributed by atoms with van der Waals surface area (Å²) in [6.45, 7) is 0.457. The summed E-state index contributed by atoms with van der Waals surface area (Å²) in [5, 5.41) is 13.6. The molecule has 42 heavy (non-hydrogen) atoms. The zero-order valence-electron chi connectivity index (χ0n) is 24.5. The quantitative estimate of drug-likeness (QED) is 0.215. The molecular formula is C32H35ClFN3O5. The minimum absolute atomic E-state index is 0.0399. The fourth-order valence-electron chi connectivity index (χ4n) is 5.03. The molecule has 4 rings (SSSR count). The van der Waals surface area contributed by atoms with E-state index < -0.39 is 17.3 Å². The van der Waals surface area contributed by atoms with Crippen molar-refractivity contribution < 1.29 is 28.4 Å². The van der Waals surface area contributed by atoms with E-state index in [4.69, 9.17) is 30.5 Å². The lowest BCUT2D eigenvalue weighted by atomic mass is 9.71. The molecule has 2 aromatic heterocycles. The number of halogens is 2. The Balaban J connectivity index is 2.09. The maximum atomic E-state index is 16.3. The Kier molecular flexibility index (Phi) is 9.88. The smallest absolute Gasteiger partial charge is 0.217 e. The SMILES string of the molecule is COc1cc([C@](O)(CCN(C)C)[C@@H](c2cc(-c3ccc(Cl)cc3)cnc2OC)c2cccc(OC)c2F)cc(OC)n1. The molecule has 0 amide bonds. The molecule has 4 aromatic rings. The van der Waals surface area contributed by atoms with E-state index >= 15 is 4.39 Å². The van der Waals surface area contributed by atoms with Crippen LogP contribution in [0.4, 0.5) is 4.39 Å². The Morgan fingerprint density at radius 1 is 0.881 bits per heavy atom. The van der Waals surface area contributed by atoms with Crippen LogP contribution in [-0.4, -0.2) is 69.1 Å². The predicted octanol–water partition coefficient (Wildman–Crippen LogP) is 5.94. The lowest BCUT2D eigenvalue weighted by molar-refractivity contribution is 0.00229. The number of methoxy groups -OCH3 is 4. The van der Waals surface area contributed by atoms with Gasteiger partial charge < -0.3 is 29.0 Å². The third kappa shape index (κ3) is 6.43. The van der Waals surface area contributed by atoms with Gasteiger partial charge in [0.1, 0.15) is 5.60 Å². The highest BCUT2D eigenvalue weighted by molar-refractivity contribution is 6.30. The van der Waals surface area contributed by atoms with E-state index in [1.54, 1.807) is 42.6 Å². The summed E-state index contributed by atoms with van der Waals surface area (Å²) in [6.07, 6.45) is 1.86. The monoisotopic (exact) mass is 595 g/mol. The molecule has 10 heteroatoms. The normalized spacial score (nSPS) is 13.4. The lowest BCUT2D eigenvalue weighted by Crippen LogP contribution is -2.38. The molecule has 0 radical (unpaired) electrons. The molecule has 0 spiro atoms. The minimum atomic E-state index is -1.74. The molecule has 0 bridgehead atoms. The van der Waals surface area contributed by atoms with Gasteiger partial charge in [0, 0.05) is 46.6 Å². The molecule has 0 fully saturated rings. The van der Waals surface area contributed by atoms with Crippen LogP contribution in [0.5, 0.6) is 23.4 Å². The van der Waals surface area contributed by atoms with E-state index in [2.05, 4.69) is 9.97 Å². The molecular weight excluding hydrogens is 561 g/mol. The molecule has 0 unspecified atom stereocenters. The number of ether oxygens (including phenoxy) is 4. The molecule has 2 heterocycles. The van der Waals surface area contributed by atoms with Crippen LogP contribution in [-0.2, 0) is 5.60 Å². The highest BCUT2D eigenvalue weighted by atomic mass is 35.5. The van der Waals surface area contributed by atoms with Crippen molar-refractivity contribution in [2.24, 2.45) is 0 Å². The number of aliphatic hydroxyl groups is 1. The van der Waals surface area contributed by atoms with Crippen LogP contribution in [0.15, 0.2) is 66.9 Å². The fraction of sp³-hybridized carbons (Fsp3) is 0.312. The van der Waals surface area contributed by atoms with Crippen molar-refractivity contribution in [3.8, 4) is 34.5 Å². The molecule has 2 atom stereocenters. The van der Waals surface area contributed by atoms with Crippen molar-refractivity contribution in [1.82, 2.24) is 14.9 Å². The largest absolute Gasteiger partial charge is 0.494 e. The zero-order chi connectivity index (χ0) is 30.4. The standard InChI is InChI=1S/C32H35ClFN3O5/c1-37(2)15-14-32(38,22-17-27(40-4)36-28(18-22)41-5)29(24-8-7-9-26(39-3)30(24)34)25-16-21(19-35-31(25)42-6)20-10-12-23(33)13-11-20/h7-13,16-19,29,38H,14-15H2,1-6H3/t29-,32-/m1/s1. The van der Waals surface area contributed by atoms with Gasteiger partial charge in [0.25, 0.3) is 0 Å². The van der Waals surface area contributed by atoms with Crippen LogP contribution in [0.1, 0.15) is 29.0 Å². The molecule has 8 nitrogen and oxygen atoms in total. The average Bonchev–Trinajstić information content (AvgIpc) is 3.01. The zero-order valence-corrected chi connectivity index (χ0v) is 25.3. The van der Waals surface area contributed by atoms with Crippen LogP contribution in [0.25, 0.3) is 11.1 Å². The van der Waals surface area contributed by atoms with E-state index in [9.17, 15) is 5.11 Å². The summed E-state index contributed by atoms with van der Waals surface area (Å²) in [5.74, 6) is -0.899. The summed E-state index contributed by atoms with van der Waals surface area (Å²) in [7, 11) is 9.65. The van der Waals surface area contributed by atoms with Crippen molar-refractivity contribution in [3.05, 3.63) is 94.4 Å². The van der Waals surface area contributed by atoms with Crippen molar-refractivity contribution in [2.45, 2.75) is 17.9 Å². The molecule has 1 N–H and O–H groups in total. The topological polar surface area (TPSA) is 86.2 Å². The Morgan fingerprint density at radius 2 is 1.55 bits per heavy atom. The van der Waals surface area contributed by atoms with Crippen LogP contribution in [0.2, 0.25) is 5.02 Å². The molecule has 0 saturated heterocycles. The Morgan fingerprint density at radius 3 is 2.12 bits per heavy atom. The highest BCUT2D eigenvalue weighted by Gasteiger charge is 2.44. The first-order chi connectivity index (χ1) is 20.1. The third-order valence-electron chi connectivity index (χ3n) is 7.20. The molecule has 0 saturated carbocycles. The molecule has 0 aliphatic carbocycles. The van der Waals surface area contributed by atoms with E-state index in [1.165, 1.54) is 34.5 Å². The highest BCUT2D eigenvalue weighted by Crippen LogP contribution is 2.49. The number of aromatic nitrogens is 2. The van der Waals surface area contributed by atoms with Gasteiger partial charge in [-0.05, 0) is 55.9 Å². The van der Waals surface area contributed by atoms with Crippen molar-refractivity contribution in [2.75, 3.05) is 49.1 Å². The van der Waals surface area contributed by atoms with Gasteiger partial charge in [-0.3, -0.25) is 0 Å². The van der Waals surface area contributed by atoms with Gasteiger partial charge >= 0.3 is 0 Å². The summed E-state index contributed by atoms with van der Waals surface area (Å²) < 4.78 is 38.2. The van der Waals surface area contributed by atoms with Gasteiger partial charge in [-0.2, -0.15) is 4.98 Å². The Bertz CT molecular complexity index is 1500. The molecule has 2 aromatic carbocycles. The van der Waals surface area contributed by atoms with Gasteiger partial charge in [0.2, 0.25) is 17.6 Å². The lowest BCUT2D eigenvalue weighted by Gasteiger charge is -2.39. The van der Waals surface area contributed by atoms with Crippen LogP contribution in [0.3, 0.4) is 0 Å². The first-order valence-corrected chi connectivity index (χ1v) is 13.6. The van der Waals surface area contributed by atoms with Crippen LogP contribution in [0, 0.1) is 5.82 Å². The van der Waals surface area contributed by atoms with Crippen molar-refractivity contribution in [3.63, 3.8) is 0 Å². The number of hydrogen-bond acceptors (Lipinski definition) is 8. The second kappa shape index (κ2) is 13.4. The van der Waals surface area contributed by atoms with Gasteiger partial charge in [-0.15, -0.1) is 0 Å². The van der Waals surface area contributed by atoms with Crippen LogP contribution >= 0.6 is 11.6 Å².